The number of halogens is 3. The van der Waals surface area contributed by atoms with E-state index in [-0.39, 0.29) is 10.6 Å². The quantitative estimate of drug-likeness (QED) is 0.786. The second-order valence-corrected chi connectivity index (χ2v) is 6.50. The standard InChI is InChI=1S/C13H10BF3N2O2S/c15-13(16,17)9-6-7-12-11(8-9)18-14(19-22(12,20)21)10-4-2-1-3-5-10/h1-8,18-19H. The SMILES string of the molecule is O=S1(=O)NB(c2ccccc2)Nc2cc(C(F)(F)F)ccc21. The van der Waals surface area contributed by atoms with Crippen molar-refractivity contribution in [3.63, 3.8) is 0 Å². The lowest BCUT2D eigenvalue weighted by molar-refractivity contribution is -0.137. The summed E-state index contributed by atoms with van der Waals surface area (Å²) in [6, 6.07) is 11.1. The van der Waals surface area contributed by atoms with Crippen LogP contribution in [0, 0.1) is 0 Å². The van der Waals surface area contributed by atoms with Crippen molar-refractivity contribution in [3.05, 3.63) is 54.1 Å². The number of sulfonamides is 1. The van der Waals surface area contributed by atoms with Gasteiger partial charge in [0.1, 0.15) is 4.90 Å². The van der Waals surface area contributed by atoms with E-state index in [1.54, 1.807) is 30.3 Å². The highest BCUT2D eigenvalue weighted by Gasteiger charge is 2.37. The van der Waals surface area contributed by atoms with Gasteiger partial charge in [-0.05, 0) is 23.7 Å². The molecule has 0 saturated heterocycles. The van der Waals surface area contributed by atoms with Gasteiger partial charge in [0, 0.05) is 5.69 Å². The Kier molecular flexibility index (Phi) is 3.41. The lowest BCUT2D eigenvalue weighted by atomic mass is 9.69. The summed E-state index contributed by atoms with van der Waals surface area (Å²) in [5, 5.41) is 2.79. The van der Waals surface area contributed by atoms with Gasteiger partial charge >= 0.3 is 13.2 Å². The highest BCUT2D eigenvalue weighted by atomic mass is 32.2. The van der Waals surface area contributed by atoms with E-state index in [0.29, 0.717) is 5.46 Å². The molecule has 1 aliphatic heterocycles. The summed E-state index contributed by atoms with van der Waals surface area (Å²) >= 11 is 0. The first-order chi connectivity index (χ1) is 10.3. The Morgan fingerprint density at radius 1 is 1.00 bits per heavy atom. The number of nitrogens with one attached hydrogen (secondary N) is 2. The molecule has 0 atom stereocenters. The van der Waals surface area contributed by atoms with Crippen LogP contribution in [0.2, 0.25) is 0 Å². The van der Waals surface area contributed by atoms with Crippen LogP contribution in [-0.4, -0.2) is 15.4 Å². The number of anilines is 1. The van der Waals surface area contributed by atoms with Gasteiger partial charge in [0.15, 0.2) is 0 Å². The zero-order chi connectivity index (χ0) is 16.0. The first-order valence-corrected chi connectivity index (χ1v) is 7.81. The fourth-order valence-corrected chi connectivity index (χ4v) is 3.54. The van der Waals surface area contributed by atoms with Gasteiger partial charge < -0.3 is 5.23 Å². The number of rotatable bonds is 1. The van der Waals surface area contributed by atoms with Crippen LogP contribution >= 0.6 is 0 Å². The summed E-state index contributed by atoms with van der Waals surface area (Å²) in [4.78, 5) is -0.201. The second kappa shape index (κ2) is 5.03. The van der Waals surface area contributed by atoms with Gasteiger partial charge in [-0.3, -0.25) is 0 Å². The maximum Gasteiger partial charge on any atom is 0.416 e. The topological polar surface area (TPSA) is 58.2 Å². The average molecular weight is 326 g/mol. The van der Waals surface area contributed by atoms with Crippen molar-refractivity contribution < 1.29 is 21.6 Å². The molecule has 2 N–H and O–H groups in total. The zero-order valence-corrected chi connectivity index (χ0v) is 11.9. The third-order valence-corrected chi connectivity index (χ3v) is 4.78. The predicted molar refractivity (Wildman–Crippen MR) is 77.2 cm³/mol. The van der Waals surface area contributed by atoms with E-state index in [0.717, 1.165) is 18.2 Å². The van der Waals surface area contributed by atoms with Crippen LogP contribution < -0.4 is 15.3 Å². The molecule has 114 valence electrons. The minimum atomic E-state index is -4.53. The third-order valence-electron chi connectivity index (χ3n) is 3.30. The maximum absolute atomic E-state index is 12.8. The third kappa shape index (κ3) is 2.69. The van der Waals surface area contributed by atoms with E-state index in [9.17, 15) is 21.6 Å². The first-order valence-electron chi connectivity index (χ1n) is 6.32. The highest BCUT2D eigenvalue weighted by molar-refractivity contribution is 7.91. The van der Waals surface area contributed by atoms with Crippen LogP contribution in [0.4, 0.5) is 18.9 Å². The molecule has 0 spiro atoms. The monoisotopic (exact) mass is 326 g/mol. The van der Waals surface area contributed by atoms with Crippen LogP contribution in [0.25, 0.3) is 0 Å². The average Bonchev–Trinajstić information content (AvgIpc) is 2.46. The molecule has 0 bridgehead atoms. The molecule has 2 aromatic carbocycles. The number of alkyl halides is 3. The Morgan fingerprint density at radius 3 is 2.32 bits per heavy atom. The lowest BCUT2D eigenvalue weighted by Gasteiger charge is -2.26. The van der Waals surface area contributed by atoms with E-state index in [1.165, 1.54) is 0 Å². The van der Waals surface area contributed by atoms with E-state index in [2.05, 4.69) is 9.86 Å². The summed E-state index contributed by atoms with van der Waals surface area (Å²) < 4.78 is 65.1. The predicted octanol–water partition coefficient (Wildman–Crippen LogP) is 1.80. The van der Waals surface area contributed by atoms with E-state index in [1.807, 2.05) is 0 Å². The molecular formula is C13H10BF3N2O2S. The number of benzene rings is 2. The molecule has 0 amide bonds. The molecule has 4 nitrogen and oxygen atoms in total. The fourth-order valence-electron chi connectivity index (χ4n) is 2.25. The number of hydrogen-bond acceptors (Lipinski definition) is 3. The van der Waals surface area contributed by atoms with Crippen LogP contribution in [0.15, 0.2) is 53.4 Å². The van der Waals surface area contributed by atoms with Crippen LogP contribution in [0.1, 0.15) is 5.56 Å². The van der Waals surface area contributed by atoms with Crippen LogP contribution in [0.3, 0.4) is 0 Å². The van der Waals surface area contributed by atoms with Crippen molar-refractivity contribution in [3.8, 4) is 0 Å². The van der Waals surface area contributed by atoms with Gasteiger partial charge in [0.25, 0.3) is 0 Å². The molecular weight excluding hydrogens is 316 g/mol. The summed E-state index contributed by atoms with van der Waals surface area (Å²) in [7, 11) is -3.88. The summed E-state index contributed by atoms with van der Waals surface area (Å²) in [5.74, 6) is 0. The molecule has 0 aromatic heterocycles. The molecule has 0 saturated carbocycles. The van der Waals surface area contributed by atoms with Crippen LogP contribution in [-0.2, 0) is 16.2 Å². The smallest absolute Gasteiger partial charge is 0.409 e. The van der Waals surface area contributed by atoms with Crippen molar-refractivity contribution in [2.75, 3.05) is 5.23 Å². The van der Waals surface area contributed by atoms with Crippen molar-refractivity contribution in [1.82, 2.24) is 4.63 Å². The Morgan fingerprint density at radius 2 is 1.68 bits per heavy atom. The van der Waals surface area contributed by atoms with Crippen molar-refractivity contribution >= 4 is 28.2 Å². The molecule has 0 aliphatic carbocycles. The zero-order valence-electron chi connectivity index (χ0n) is 11.1. The Labute approximate surface area is 125 Å². The van der Waals surface area contributed by atoms with Gasteiger partial charge in [-0.15, -0.1) is 0 Å². The maximum atomic E-state index is 12.8. The highest BCUT2D eigenvalue weighted by Crippen LogP contribution is 2.34. The summed E-state index contributed by atoms with van der Waals surface area (Å²) in [6.45, 7) is -0.817. The van der Waals surface area contributed by atoms with Crippen LogP contribution in [0.5, 0.6) is 0 Å². The minimum Gasteiger partial charge on any atom is -0.409 e. The van der Waals surface area contributed by atoms with E-state index >= 15 is 0 Å². The Balaban J connectivity index is 2.07. The molecule has 0 unspecified atom stereocenters. The molecule has 2 aromatic rings. The minimum absolute atomic E-state index is 0.0672. The van der Waals surface area contributed by atoms with Gasteiger partial charge in [-0.1, -0.05) is 30.3 Å². The number of hydrogen-bond donors (Lipinski definition) is 2. The fraction of sp³-hybridized carbons (Fsp3) is 0.0769. The largest absolute Gasteiger partial charge is 0.416 e. The molecule has 0 fully saturated rings. The van der Waals surface area contributed by atoms with Crippen molar-refractivity contribution in [1.29, 1.82) is 0 Å². The molecule has 1 heterocycles. The van der Waals surface area contributed by atoms with Gasteiger partial charge in [-0.2, -0.15) is 13.2 Å². The normalized spacial score (nSPS) is 16.8. The molecule has 22 heavy (non-hydrogen) atoms. The Bertz CT molecular complexity index is 810. The first kappa shape index (κ1) is 14.9. The van der Waals surface area contributed by atoms with Gasteiger partial charge in [0.2, 0.25) is 10.0 Å². The van der Waals surface area contributed by atoms with E-state index < -0.39 is 28.7 Å². The summed E-state index contributed by atoms with van der Waals surface area (Å²) in [6.07, 6.45) is -4.53. The van der Waals surface area contributed by atoms with Gasteiger partial charge in [-0.25, -0.2) is 13.1 Å². The van der Waals surface area contributed by atoms with Crippen molar-refractivity contribution in [2.24, 2.45) is 0 Å². The molecule has 9 heteroatoms. The Hall–Kier alpha value is -2.00. The van der Waals surface area contributed by atoms with Crippen molar-refractivity contribution in [2.45, 2.75) is 11.1 Å². The second-order valence-electron chi connectivity index (χ2n) is 4.82. The molecule has 1 aliphatic rings. The molecule has 0 radical (unpaired) electrons. The lowest BCUT2D eigenvalue weighted by Crippen LogP contribution is -2.56. The van der Waals surface area contributed by atoms with E-state index in [4.69, 9.17) is 0 Å². The molecule has 3 rings (SSSR count). The number of fused-ring (bicyclic) bond motifs is 1. The summed E-state index contributed by atoms with van der Waals surface area (Å²) in [5.41, 5.74) is -0.362. The van der Waals surface area contributed by atoms with Gasteiger partial charge in [0.05, 0.1) is 5.56 Å².